The molecular weight excluding hydrogens is 174 g/mol. The molecule has 74 valence electrons. The van der Waals surface area contributed by atoms with Crippen LogP contribution in [-0.4, -0.2) is 18.9 Å². The van der Waals surface area contributed by atoms with Gasteiger partial charge in [0.1, 0.15) is 0 Å². The molecule has 0 unspecified atom stereocenters. The van der Waals surface area contributed by atoms with Crippen LogP contribution in [0.15, 0.2) is 24.3 Å². The fraction of sp³-hybridized carbons (Fsp3) is 0.417. The highest BCUT2D eigenvalue weighted by molar-refractivity contribution is 5.87. The molecule has 0 atom stereocenters. The third-order valence-corrected chi connectivity index (χ3v) is 2.74. The van der Waals surface area contributed by atoms with Gasteiger partial charge in [0.25, 0.3) is 0 Å². The number of anilines is 1. The number of rotatable bonds is 2. The van der Waals surface area contributed by atoms with Gasteiger partial charge in [0.05, 0.1) is 6.54 Å². The van der Waals surface area contributed by atoms with E-state index in [9.17, 15) is 4.79 Å². The highest BCUT2D eigenvalue weighted by atomic mass is 16.1. The Bertz CT molecular complexity index is 346. The monoisotopic (exact) mass is 189 g/mol. The number of para-hydroxylation sites is 1. The van der Waals surface area contributed by atoms with E-state index in [2.05, 4.69) is 30.0 Å². The largest absolute Gasteiger partial charge is 0.364 e. The van der Waals surface area contributed by atoms with Crippen LogP contribution >= 0.6 is 0 Å². The van der Waals surface area contributed by atoms with Crippen LogP contribution < -0.4 is 4.90 Å². The SMILES string of the molecule is CCc1ccccc1N1CCC(=O)C1. The van der Waals surface area contributed by atoms with Crippen molar-refractivity contribution in [2.45, 2.75) is 19.8 Å². The summed E-state index contributed by atoms with van der Waals surface area (Å²) in [5, 5.41) is 0. The lowest BCUT2D eigenvalue weighted by atomic mass is 10.1. The summed E-state index contributed by atoms with van der Waals surface area (Å²) in [5.74, 6) is 0.357. The van der Waals surface area contributed by atoms with Crippen LogP contribution in [0, 0.1) is 0 Å². The predicted molar refractivity (Wildman–Crippen MR) is 57.7 cm³/mol. The average Bonchev–Trinajstić information content (AvgIpc) is 2.65. The van der Waals surface area contributed by atoms with Crippen LogP contribution in [0.5, 0.6) is 0 Å². The fourth-order valence-electron chi connectivity index (χ4n) is 1.95. The van der Waals surface area contributed by atoms with Crippen molar-refractivity contribution >= 4 is 11.5 Å². The highest BCUT2D eigenvalue weighted by Crippen LogP contribution is 2.23. The van der Waals surface area contributed by atoms with Crippen molar-refractivity contribution < 1.29 is 4.79 Å². The molecule has 0 saturated carbocycles. The van der Waals surface area contributed by atoms with E-state index in [1.54, 1.807) is 0 Å². The summed E-state index contributed by atoms with van der Waals surface area (Å²) in [6, 6.07) is 8.34. The molecule has 0 N–H and O–H groups in total. The first kappa shape index (κ1) is 9.25. The van der Waals surface area contributed by atoms with E-state index in [-0.39, 0.29) is 0 Å². The number of carbonyl (C=O) groups excluding carboxylic acids is 1. The maximum Gasteiger partial charge on any atom is 0.153 e. The number of carbonyl (C=O) groups is 1. The number of nitrogens with zero attached hydrogens (tertiary/aromatic N) is 1. The van der Waals surface area contributed by atoms with E-state index in [1.807, 2.05) is 6.07 Å². The Morgan fingerprint density at radius 3 is 2.79 bits per heavy atom. The van der Waals surface area contributed by atoms with Crippen molar-refractivity contribution in [3.63, 3.8) is 0 Å². The molecule has 1 aliphatic heterocycles. The zero-order chi connectivity index (χ0) is 9.97. The normalized spacial score (nSPS) is 16.4. The number of ketones is 1. The second kappa shape index (κ2) is 3.82. The minimum atomic E-state index is 0.357. The lowest BCUT2D eigenvalue weighted by molar-refractivity contribution is -0.116. The van der Waals surface area contributed by atoms with Crippen molar-refractivity contribution in [1.82, 2.24) is 0 Å². The van der Waals surface area contributed by atoms with Crippen LogP contribution in [0.1, 0.15) is 18.9 Å². The number of Topliss-reactive ketones (excluding diaryl/α,β-unsaturated/α-hetero) is 1. The number of hydrogen-bond acceptors (Lipinski definition) is 2. The first-order valence-corrected chi connectivity index (χ1v) is 5.16. The standard InChI is InChI=1S/C12H15NO/c1-2-10-5-3-4-6-12(10)13-8-7-11(14)9-13/h3-6H,2,7-9H2,1H3. The van der Waals surface area contributed by atoms with Crippen LogP contribution in [0.3, 0.4) is 0 Å². The maximum absolute atomic E-state index is 11.2. The predicted octanol–water partition coefficient (Wildman–Crippen LogP) is 2.03. The Balaban J connectivity index is 2.27. The quantitative estimate of drug-likeness (QED) is 0.709. The molecule has 0 spiro atoms. The molecule has 1 aliphatic rings. The zero-order valence-corrected chi connectivity index (χ0v) is 8.49. The molecule has 2 rings (SSSR count). The van der Waals surface area contributed by atoms with E-state index >= 15 is 0 Å². The van der Waals surface area contributed by atoms with Gasteiger partial charge in [-0.25, -0.2) is 0 Å². The van der Waals surface area contributed by atoms with E-state index in [0.29, 0.717) is 18.7 Å². The molecule has 0 amide bonds. The van der Waals surface area contributed by atoms with Gasteiger partial charge in [0, 0.05) is 18.7 Å². The smallest absolute Gasteiger partial charge is 0.153 e. The highest BCUT2D eigenvalue weighted by Gasteiger charge is 2.20. The zero-order valence-electron chi connectivity index (χ0n) is 8.49. The van der Waals surface area contributed by atoms with E-state index < -0.39 is 0 Å². The Morgan fingerprint density at radius 1 is 1.36 bits per heavy atom. The number of aryl methyl sites for hydroxylation is 1. The van der Waals surface area contributed by atoms with Gasteiger partial charge in [0.2, 0.25) is 0 Å². The summed E-state index contributed by atoms with van der Waals surface area (Å²) >= 11 is 0. The summed E-state index contributed by atoms with van der Waals surface area (Å²) in [4.78, 5) is 13.4. The molecule has 0 bridgehead atoms. The van der Waals surface area contributed by atoms with Crippen molar-refractivity contribution in [1.29, 1.82) is 0 Å². The van der Waals surface area contributed by atoms with Crippen molar-refractivity contribution in [2.75, 3.05) is 18.0 Å². The lowest BCUT2D eigenvalue weighted by Gasteiger charge is -2.19. The number of hydrogen-bond donors (Lipinski definition) is 0. The van der Waals surface area contributed by atoms with Gasteiger partial charge < -0.3 is 4.90 Å². The van der Waals surface area contributed by atoms with Gasteiger partial charge in [-0.2, -0.15) is 0 Å². The van der Waals surface area contributed by atoms with Gasteiger partial charge in [-0.1, -0.05) is 25.1 Å². The minimum absolute atomic E-state index is 0.357. The fourth-order valence-corrected chi connectivity index (χ4v) is 1.95. The van der Waals surface area contributed by atoms with Gasteiger partial charge >= 0.3 is 0 Å². The van der Waals surface area contributed by atoms with Crippen LogP contribution in [-0.2, 0) is 11.2 Å². The van der Waals surface area contributed by atoms with Crippen molar-refractivity contribution in [3.05, 3.63) is 29.8 Å². The molecule has 1 aromatic rings. The Kier molecular flexibility index (Phi) is 2.53. The Hall–Kier alpha value is -1.31. The Labute approximate surface area is 84.5 Å². The topological polar surface area (TPSA) is 20.3 Å². The van der Waals surface area contributed by atoms with Crippen molar-refractivity contribution in [2.24, 2.45) is 0 Å². The molecule has 1 saturated heterocycles. The van der Waals surface area contributed by atoms with E-state index in [0.717, 1.165) is 13.0 Å². The molecule has 0 aromatic heterocycles. The third-order valence-electron chi connectivity index (χ3n) is 2.74. The second-order valence-corrected chi connectivity index (χ2v) is 3.69. The molecule has 1 fully saturated rings. The van der Waals surface area contributed by atoms with Crippen molar-refractivity contribution in [3.8, 4) is 0 Å². The maximum atomic E-state index is 11.2. The summed E-state index contributed by atoms with van der Waals surface area (Å²) in [6.45, 7) is 3.63. The molecule has 0 aliphatic carbocycles. The van der Waals surface area contributed by atoms with Gasteiger partial charge in [-0.15, -0.1) is 0 Å². The minimum Gasteiger partial charge on any atom is -0.364 e. The molecule has 14 heavy (non-hydrogen) atoms. The average molecular weight is 189 g/mol. The molecule has 2 heteroatoms. The molecule has 0 radical (unpaired) electrons. The third kappa shape index (κ3) is 1.65. The summed E-state index contributed by atoms with van der Waals surface area (Å²) in [5.41, 5.74) is 2.57. The number of benzene rings is 1. The molecule has 2 nitrogen and oxygen atoms in total. The summed E-state index contributed by atoms with van der Waals surface area (Å²) in [6.07, 6.45) is 1.74. The van der Waals surface area contributed by atoms with E-state index in [4.69, 9.17) is 0 Å². The van der Waals surface area contributed by atoms with Crippen LogP contribution in [0.2, 0.25) is 0 Å². The molecule has 1 aromatic carbocycles. The van der Waals surface area contributed by atoms with Gasteiger partial charge in [0.15, 0.2) is 5.78 Å². The summed E-state index contributed by atoms with van der Waals surface area (Å²) in [7, 11) is 0. The van der Waals surface area contributed by atoms with E-state index in [1.165, 1.54) is 11.3 Å². The summed E-state index contributed by atoms with van der Waals surface area (Å²) < 4.78 is 0. The first-order chi connectivity index (χ1) is 6.81. The first-order valence-electron chi connectivity index (χ1n) is 5.16. The van der Waals surface area contributed by atoms with Gasteiger partial charge in [-0.05, 0) is 18.1 Å². The van der Waals surface area contributed by atoms with Crippen LogP contribution in [0.4, 0.5) is 5.69 Å². The second-order valence-electron chi connectivity index (χ2n) is 3.69. The molecular formula is C12H15NO. The molecule has 1 heterocycles. The lowest BCUT2D eigenvalue weighted by Crippen LogP contribution is -2.20. The Morgan fingerprint density at radius 2 is 2.14 bits per heavy atom. The van der Waals surface area contributed by atoms with Crippen LogP contribution in [0.25, 0.3) is 0 Å². The van der Waals surface area contributed by atoms with Gasteiger partial charge in [-0.3, -0.25) is 4.79 Å².